The molecule has 2 N–H and O–H groups in total. The lowest BCUT2D eigenvalue weighted by molar-refractivity contribution is -0.133. The largest absolute Gasteiger partial charge is 0.497 e. The smallest absolute Gasteiger partial charge is 0.325 e. The molecule has 0 radical (unpaired) electrons. The molecule has 1 heterocycles. The highest BCUT2D eigenvalue weighted by molar-refractivity contribution is 9.10. The monoisotopic (exact) mass is 445 g/mol. The highest BCUT2D eigenvalue weighted by Gasteiger charge is 2.49. The summed E-state index contributed by atoms with van der Waals surface area (Å²) < 4.78 is 6.05. The molecule has 3 rings (SSSR count). The summed E-state index contributed by atoms with van der Waals surface area (Å²) in [4.78, 5) is 38.6. The molecule has 1 fully saturated rings. The molecule has 8 heteroatoms. The summed E-state index contributed by atoms with van der Waals surface area (Å²) in [5.41, 5.74) is 0.923. The van der Waals surface area contributed by atoms with Gasteiger partial charge in [0.05, 0.1) is 7.11 Å². The van der Waals surface area contributed by atoms with Gasteiger partial charge in [-0.15, -0.1) is 0 Å². The van der Waals surface area contributed by atoms with E-state index in [9.17, 15) is 14.4 Å². The maximum absolute atomic E-state index is 12.9. The number of amides is 4. The quantitative estimate of drug-likeness (QED) is 0.691. The predicted molar refractivity (Wildman–Crippen MR) is 108 cm³/mol. The van der Waals surface area contributed by atoms with Crippen LogP contribution in [-0.4, -0.2) is 36.4 Å². The zero-order valence-corrected chi connectivity index (χ0v) is 17.3. The molecule has 0 aromatic heterocycles. The van der Waals surface area contributed by atoms with E-state index in [4.69, 9.17) is 4.74 Å². The molecule has 0 bridgehead atoms. The molecule has 0 saturated carbocycles. The van der Waals surface area contributed by atoms with Crippen LogP contribution in [0, 0.1) is 6.92 Å². The summed E-state index contributed by atoms with van der Waals surface area (Å²) >= 11 is 3.40. The van der Waals surface area contributed by atoms with Crippen molar-refractivity contribution < 1.29 is 19.1 Å². The molecule has 1 saturated heterocycles. The van der Waals surface area contributed by atoms with Crippen LogP contribution < -0.4 is 15.4 Å². The van der Waals surface area contributed by atoms with Gasteiger partial charge in [0.1, 0.15) is 17.8 Å². The van der Waals surface area contributed by atoms with Gasteiger partial charge in [-0.3, -0.25) is 14.5 Å². The van der Waals surface area contributed by atoms with Gasteiger partial charge >= 0.3 is 6.03 Å². The first kappa shape index (κ1) is 19.9. The van der Waals surface area contributed by atoms with Gasteiger partial charge in [-0.05, 0) is 55.3 Å². The summed E-state index contributed by atoms with van der Waals surface area (Å²) in [5.74, 6) is -0.292. The first-order valence-electron chi connectivity index (χ1n) is 8.59. The van der Waals surface area contributed by atoms with Crippen LogP contribution in [0.2, 0.25) is 0 Å². The number of anilines is 1. The molecule has 0 spiro atoms. The highest BCUT2D eigenvalue weighted by atomic mass is 79.9. The lowest BCUT2D eigenvalue weighted by atomic mass is 9.92. The Kier molecular flexibility index (Phi) is 5.42. The van der Waals surface area contributed by atoms with Crippen LogP contribution in [0.5, 0.6) is 5.75 Å². The van der Waals surface area contributed by atoms with Crippen LogP contribution >= 0.6 is 15.9 Å². The molecule has 4 amide bonds. The van der Waals surface area contributed by atoms with Crippen LogP contribution in [0.3, 0.4) is 0 Å². The minimum absolute atomic E-state index is 0.370. The Bertz CT molecular complexity index is 945. The van der Waals surface area contributed by atoms with Crippen molar-refractivity contribution in [2.24, 2.45) is 0 Å². The summed E-state index contributed by atoms with van der Waals surface area (Å²) in [6.45, 7) is 3.15. The number of nitrogens with one attached hydrogen (secondary N) is 2. The number of ether oxygens (including phenoxy) is 1. The van der Waals surface area contributed by atoms with E-state index in [2.05, 4.69) is 26.6 Å². The lowest BCUT2D eigenvalue weighted by Gasteiger charge is -2.22. The van der Waals surface area contributed by atoms with E-state index in [-0.39, 0.29) is 6.54 Å². The van der Waals surface area contributed by atoms with Gasteiger partial charge < -0.3 is 15.4 Å². The summed E-state index contributed by atoms with van der Waals surface area (Å²) in [6, 6.07) is 11.6. The third kappa shape index (κ3) is 3.73. The molecule has 1 aliphatic rings. The van der Waals surface area contributed by atoms with Crippen LogP contribution in [0.25, 0.3) is 0 Å². The second kappa shape index (κ2) is 7.63. The van der Waals surface area contributed by atoms with E-state index in [1.54, 1.807) is 50.4 Å². The Balaban J connectivity index is 1.73. The van der Waals surface area contributed by atoms with Crippen molar-refractivity contribution in [2.75, 3.05) is 19.0 Å². The Labute approximate surface area is 171 Å². The van der Waals surface area contributed by atoms with Gasteiger partial charge in [-0.25, -0.2) is 4.79 Å². The second-order valence-electron chi connectivity index (χ2n) is 6.69. The average molecular weight is 446 g/mol. The van der Waals surface area contributed by atoms with Crippen molar-refractivity contribution in [1.29, 1.82) is 0 Å². The molecule has 1 unspecified atom stereocenters. The Morgan fingerprint density at radius 2 is 1.89 bits per heavy atom. The number of urea groups is 1. The van der Waals surface area contributed by atoms with Gasteiger partial charge in [-0.1, -0.05) is 28.1 Å². The van der Waals surface area contributed by atoms with E-state index >= 15 is 0 Å². The van der Waals surface area contributed by atoms with Gasteiger partial charge in [0.25, 0.3) is 5.91 Å². The van der Waals surface area contributed by atoms with E-state index < -0.39 is 23.4 Å². The zero-order valence-electron chi connectivity index (χ0n) is 15.7. The molecular weight excluding hydrogens is 426 g/mol. The third-order valence-corrected chi connectivity index (χ3v) is 5.58. The number of imide groups is 1. The minimum atomic E-state index is -1.24. The summed E-state index contributed by atoms with van der Waals surface area (Å²) in [6.07, 6.45) is 0. The van der Waals surface area contributed by atoms with Crippen molar-refractivity contribution in [2.45, 2.75) is 19.4 Å². The number of carbonyl (C=O) groups is 3. The number of methoxy groups -OCH3 is 1. The molecule has 1 aliphatic heterocycles. The van der Waals surface area contributed by atoms with Crippen molar-refractivity contribution >= 4 is 39.5 Å². The van der Waals surface area contributed by atoms with Crippen molar-refractivity contribution in [3.05, 3.63) is 58.1 Å². The number of rotatable bonds is 5. The number of aryl methyl sites for hydroxylation is 1. The van der Waals surface area contributed by atoms with Gasteiger partial charge in [0.15, 0.2) is 0 Å². The van der Waals surface area contributed by atoms with E-state index in [1.807, 2.05) is 13.0 Å². The molecule has 146 valence electrons. The first-order valence-corrected chi connectivity index (χ1v) is 9.38. The normalized spacial score (nSPS) is 18.8. The van der Waals surface area contributed by atoms with Crippen LogP contribution in [0.4, 0.5) is 10.5 Å². The van der Waals surface area contributed by atoms with Crippen LogP contribution in [-0.2, 0) is 15.1 Å². The number of nitrogens with zero attached hydrogens (tertiary/aromatic N) is 1. The molecule has 28 heavy (non-hydrogen) atoms. The van der Waals surface area contributed by atoms with Crippen molar-refractivity contribution in [1.82, 2.24) is 10.2 Å². The average Bonchev–Trinajstić information content (AvgIpc) is 2.89. The van der Waals surface area contributed by atoms with Crippen LogP contribution in [0.1, 0.15) is 18.1 Å². The number of carbonyl (C=O) groups excluding carboxylic acids is 3. The number of hydrogen-bond acceptors (Lipinski definition) is 4. The Hall–Kier alpha value is -2.87. The van der Waals surface area contributed by atoms with E-state index in [1.165, 1.54) is 0 Å². The van der Waals surface area contributed by atoms with Gasteiger partial charge in [-0.2, -0.15) is 0 Å². The molecule has 7 nitrogen and oxygen atoms in total. The topological polar surface area (TPSA) is 87.7 Å². The number of halogens is 1. The number of benzene rings is 2. The maximum Gasteiger partial charge on any atom is 0.325 e. The molecule has 0 aliphatic carbocycles. The maximum atomic E-state index is 12.9. The fourth-order valence-corrected chi connectivity index (χ4v) is 3.27. The van der Waals surface area contributed by atoms with Crippen molar-refractivity contribution in [3.8, 4) is 5.75 Å². The Morgan fingerprint density at radius 3 is 2.50 bits per heavy atom. The fraction of sp³-hybridized carbons (Fsp3) is 0.250. The standard InChI is InChI=1S/C20H20BrN3O4/c1-12-10-14(6-9-16(12)21)22-17(25)11-24-18(26)20(2,23-19(24)27)13-4-7-15(28-3)8-5-13/h4-10H,11H2,1-3H3,(H,22,25)(H,23,27). The first-order chi connectivity index (χ1) is 13.2. The van der Waals surface area contributed by atoms with Gasteiger partial charge in [0, 0.05) is 10.2 Å². The fourth-order valence-electron chi connectivity index (χ4n) is 3.03. The minimum Gasteiger partial charge on any atom is -0.497 e. The Morgan fingerprint density at radius 1 is 1.21 bits per heavy atom. The summed E-state index contributed by atoms with van der Waals surface area (Å²) in [5, 5.41) is 5.39. The highest BCUT2D eigenvalue weighted by Crippen LogP contribution is 2.30. The molecule has 1 atom stereocenters. The third-order valence-electron chi connectivity index (χ3n) is 4.69. The SMILES string of the molecule is COc1ccc(C2(C)NC(=O)N(CC(=O)Nc3ccc(Br)c(C)c3)C2=O)cc1. The second-order valence-corrected chi connectivity index (χ2v) is 7.54. The molecular formula is C20H20BrN3O4. The van der Waals surface area contributed by atoms with E-state index in [0.717, 1.165) is 14.9 Å². The predicted octanol–water partition coefficient (Wildman–Crippen LogP) is 3.17. The van der Waals surface area contributed by atoms with Gasteiger partial charge in [0.2, 0.25) is 5.91 Å². The van der Waals surface area contributed by atoms with Crippen LogP contribution in [0.15, 0.2) is 46.9 Å². The molecule has 2 aromatic carbocycles. The number of hydrogen-bond donors (Lipinski definition) is 2. The summed E-state index contributed by atoms with van der Waals surface area (Å²) in [7, 11) is 1.55. The van der Waals surface area contributed by atoms with Crippen molar-refractivity contribution in [3.63, 3.8) is 0 Å². The zero-order chi connectivity index (χ0) is 20.5. The van der Waals surface area contributed by atoms with E-state index in [0.29, 0.717) is 17.0 Å². The molecule has 2 aromatic rings. The lowest BCUT2D eigenvalue weighted by Crippen LogP contribution is -2.42.